The van der Waals surface area contributed by atoms with Crippen molar-refractivity contribution >= 4 is 17.2 Å². The van der Waals surface area contributed by atoms with Crippen molar-refractivity contribution in [1.29, 1.82) is 0 Å². The fraction of sp³-hybridized carbons (Fsp3) is 0.250. The van der Waals surface area contributed by atoms with Crippen LogP contribution in [0.4, 0.5) is 5.69 Å². The van der Waals surface area contributed by atoms with E-state index in [2.05, 4.69) is 19.7 Å². The van der Waals surface area contributed by atoms with Gasteiger partial charge in [0.2, 0.25) is 5.88 Å². The van der Waals surface area contributed by atoms with E-state index in [1.807, 2.05) is 5.38 Å². The zero-order valence-electron chi connectivity index (χ0n) is 7.65. The maximum atomic E-state index is 5.06. The normalized spacial score (nSPS) is 10.1. The summed E-state index contributed by atoms with van der Waals surface area (Å²) in [6.45, 7) is 0.641. The molecule has 74 valence electrons. The lowest BCUT2D eigenvalue weighted by Gasteiger charge is -2.02. The molecule has 2 rings (SSSR count). The zero-order valence-corrected chi connectivity index (χ0v) is 8.47. The van der Waals surface area contributed by atoms with Crippen molar-refractivity contribution in [2.45, 2.75) is 6.54 Å². The lowest BCUT2D eigenvalue weighted by Crippen LogP contribution is -2.01. The van der Waals surface area contributed by atoms with Gasteiger partial charge in [0, 0.05) is 17.8 Å². The minimum Gasteiger partial charge on any atom is -0.479 e. The van der Waals surface area contributed by atoms with Gasteiger partial charge in [0.25, 0.3) is 0 Å². The largest absolute Gasteiger partial charge is 0.479 e. The molecular formula is C8H10N4OS. The van der Waals surface area contributed by atoms with Crippen LogP contribution < -0.4 is 10.1 Å². The Morgan fingerprint density at radius 3 is 3.29 bits per heavy atom. The van der Waals surface area contributed by atoms with Crippen molar-refractivity contribution in [2.24, 2.45) is 0 Å². The predicted molar refractivity (Wildman–Crippen MR) is 54.6 cm³/mol. The number of aromatic nitrogens is 3. The van der Waals surface area contributed by atoms with Gasteiger partial charge in [0.15, 0.2) is 0 Å². The molecule has 6 heteroatoms. The first-order valence-electron chi connectivity index (χ1n) is 4.10. The topological polar surface area (TPSA) is 62.8 Å². The Labute approximate surface area is 85.3 Å². The highest BCUT2D eigenvalue weighted by atomic mass is 32.1. The van der Waals surface area contributed by atoms with E-state index in [1.165, 1.54) is 11.5 Å². The number of hydrogen-bond donors (Lipinski definition) is 2. The highest BCUT2D eigenvalue weighted by molar-refractivity contribution is 7.04. The molecule has 2 heterocycles. The van der Waals surface area contributed by atoms with E-state index in [0.29, 0.717) is 12.4 Å². The molecule has 2 aromatic heterocycles. The Morgan fingerprint density at radius 1 is 1.64 bits per heavy atom. The summed E-state index contributed by atoms with van der Waals surface area (Å²) in [5.74, 6) is 1.51. The molecule has 0 radical (unpaired) electrons. The standard InChI is InChI=1S/C8H10N4OS/c1-13-8-6(5-14-12-8)11-4-7-9-2-3-10-7/h2-3,5,11H,4H2,1H3,(H,9,10). The molecule has 14 heavy (non-hydrogen) atoms. The van der Waals surface area contributed by atoms with E-state index in [-0.39, 0.29) is 0 Å². The third kappa shape index (κ3) is 1.85. The van der Waals surface area contributed by atoms with Crippen LogP contribution >= 0.6 is 11.5 Å². The Hall–Kier alpha value is -1.56. The molecule has 2 aromatic rings. The summed E-state index contributed by atoms with van der Waals surface area (Å²) in [7, 11) is 1.60. The van der Waals surface area contributed by atoms with Gasteiger partial charge < -0.3 is 15.0 Å². The molecule has 5 nitrogen and oxygen atoms in total. The molecule has 0 aromatic carbocycles. The molecule has 0 aliphatic carbocycles. The van der Waals surface area contributed by atoms with Gasteiger partial charge in [-0.25, -0.2) is 4.98 Å². The Balaban J connectivity index is 1.98. The average Bonchev–Trinajstić information content (AvgIpc) is 2.85. The molecule has 0 aliphatic rings. The number of nitrogens with one attached hydrogen (secondary N) is 2. The number of rotatable bonds is 4. The molecule has 0 amide bonds. The minimum absolute atomic E-state index is 0.626. The van der Waals surface area contributed by atoms with E-state index in [4.69, 9.17) is 4.74 Å². The van der Waals surface area contributed by atoms with Crippen LogP contribution in [0.15, 0.2) is 17.8 Å². The van der Waals surface area contributed by atoms with Gasteiger partial charge in [-0.2, -0.15) is 4.37 Å². The Kier molecular flexibility index (Phi) is 2.64. The Morgan fingerprint density at radius 2 is 2.57 bits per heavy atom. The summed E-state index contributed by atoms with van der Waals surface area (Å²) < 4.78 is 9.12. The first-order valence-corrected chi connectivity index (χ1v) is 4.94. The number of ether oxygens (including phenoxy) is 1. The highest BCUT2D eigenvalue weighted by Crippen LogP contribution is 2.24. The number of anilines is 1. The molecule has 0 unspecified atom stereocenters. The van der Waals surface area contributed by atoms with Gasteiger partial charge >= 0.3 is 0 Å². The molecule has 0 saturated carbocycles. The van der Waals surface area contributed by atoms with Crippen molar-refractivity contribution in [1.82, 2.24) is 14.3 Å². The van der Waals surface area contributed by atoms with Gasteiger partial charge in [-0.3, -0.25) is 0 Å². The quantitative estimate of drug-likeness (QED) is 0.802. The van der Waals surface area contributed by atoms with Gasteiger partial charge in [0.1, 0.15) is 11.5 Å². The number of methoxy groups -OCH3 is 1. The molecule has 0 bridgehead atoms. The molecule has 0 saturated heterocycles. The molecule has 0 spiro atoms. The number of H-pyrrole nitrogens is 1. The van der Waals surface area contributed by atoms with Gasteiger partial charge in [0.05, 0.1) is 13.7 Å². The second kappa shape index (κ2) is 4.10. The van der Waals surface area contributed by atoms with Crippen LogP contribution in [0, 0.1) is 0 Å². The minimum atomic E-state index is 0.626. The summed E-state index contributed by atoms with van der Waals surface area (Å²) in [6.07, 6.45) is 3.51. The SMILES string of the molecule is COc1nscc1NCc1ncc[nH]1. The fourth-order valence-electron chi connectivity index (χ4n) is 1.06. The maximum absolute atomic E-state index is 5.06. The first kappa shape index (κ1) is 9.01. The second-order valence-corrected chi connectivity index (χ2v) is 3.26. The third-order valence-corrected chi connectivity index (χ3v) is 2.34. The smallest absolute Gasteiger partial charge is 0.248 e. The molecule has 0 aliphatic heterocycles. The number of nitrogens with zero attached hydrogens (tertiary/aromatic N) is 2. The lowest BCUT2D eigenvalue weighted by atomic mass is 10.5. The van der Waals surface area contributed by atoms with Crippen molar-refractivity contribution in [3.63, 3.8) is 0 Å². The predicted octanol–water partition coefficient (Wildman–Crippen LogP) is 1.49. The van der Waals surface area contributed by atoms with Crippen LogP contribution in [0.25, 0.3) is 0 Å². The Bertz CT molecular complexity index is 384. The van der Waals surface area contributed by atoms with E-state index in [9.17, 15) is 0 Å². The van der Waals surface area contributed by atoms with Crippen molar-refractivity contribution < 1.29 is 4.74 Å². The van der Waals surface area contributed by atoms with Crippen molar-refractivity contribution in [3.05, 3.63) is 23.6 Å². The lowest BCUT2D eigenvalue weighted by molar-refractivity contribution is 0.404. The summed E-state index contributed by atoms with van der Waals surface area (Å²) in [5, 5.41) is 5.08. The van der Waals surface area contributed by atoms with Crippen molar-refractivity contribution in [2.75, 3.05) is 12.4 Å². The molecule has 0 atom stereocenters. The van der Waals surface area contributed by atoms with Crippen LogP contribution in [0.5, 0.6) is 5.88 Å². The highest BCUT2D eigenvalue weighted by Gasteiger charge is 2.05. The summed E-state index contributed by atoms with van der Waals surface area (Å²) >= 11 is 1.36. The van der Waals surface area contributed by atoms with Crippen LogP contribution in [0.2, 0.25) is 0 Å². The van der Waals surface area contributed by atoms with Gasteiger partial charge in [-0.1, -0.05) is 0 Å². The number of aromatic amines is 1. The van der Waals surface area contributed by atoms with E-state index in [1.54, 1.807) is 19.5 Å². The summed E-state index contributed by atoms with van der Waals surface area (Å²) in [5.41, 5.74) is 0.897. The summed E-state index contributed by atoms with van der Waals surface area (Å²) in [4.78, 5) is 7.10. The fourth-order valence-corrected chi connectivity index (χ4v) is 1.68. The molecule has 0 fully saturated rings. The first-order chi connectivity index (χ1) is 6.90. The monoisotopic (exact) mass is 210 g/mol. The van der Waals surface area contributed by atoms with Crippen LogP contribution in [-0.4, -0.2) is 21.5 Å². The average molecular weight is 210 g/mol. The third-order valence-electron chi connectivity index (χ3n) is 1.73. The summed E-state index contributed by atoms with van der Waals surface area (Å²) in [6, 6.07) is 0. The van der Waals surface area contributed by atoms with E-state index < -0.39 is 0 Å². The molecule has 2 N–H and O–H groups in total. The zero-order chi connectivity index (χ0) is 9.80. The van der Waals surface area contributed by atoms with E-state index >= 15 is 0 Å². The van der Waals surface area contributed by atoms with E-state index in [0.717, 1.165) is 11.5 Å². The number of hydrogen-bond acceptors (Lipinski definition) is 5. The van der Waals surface area contributed by atoms with Gasteiger partial charge in [-0.15, -0.1) is 0 Å². The van der Waals surface area contributed by atoms with Crippen LogP contribution in [0.1, 0.15) is 5.82 Å². The van der Waals surface area contributed by atoms with Gasteiger partial charge in [-0.05, 0) is 11.5 Å². The maximum Gasteiger partial charge on any atom is 0.248 e. The van der Waals surface area contributed by atoms with Crippen LogP contribution in [0.3, 0.4) is 0 Å². The van der Waals surface area contributed by atoms with Crippen molar-refractivity contribution in [3.8, 4) is 5.88 Å². The van der Waals surface area contributed by atoms with Crippen LogP contribution in [-0.2, 0) is 6.54 Å². The number of imidazole rings is 1. The second-order valence-electron chi connectivity index (χ2n) is 2.63. The molecular weight excluding hydrogens is 200 g/mol.